The Bertz CT molecular complexity index is 1930. The molecule has 2 saturated carbocycles. The molecular weight excluding hydrogens is 606 g/mol. The van der Waals surface area contributed by atoms with E-state index in [-0.39, 0.29) is 24.3 Å². The van der Waals surface area contributed by atoms with E-state index < -0.39 is 11.5 Å². The zero-order chi connectivity index (χ0) is 33.3. The van der Waals surface area contributed by atoms with Gasteiger partial charge in [-0.05, 0) is 85.2 Å². The molecule has 4 aromatic rings. The van der Waals surface area contributed by atoms with Crippen molar-refractivity contribution < 1.29 is 23.9 Å². The van der Waals surface area contributed by atoms with Crippen molar-refractivity contribution >= 4 is 52.0 Å². The van der Waals surface area contributed by atoms with Crippen molar-refractivity contribution in [2.45, 2.75) is 75.8 Å². The Morgan fingerprint density at radius 3 is 2.52 bits per heavy atom. The average Bonchev–Trinajstić information content (AvgIpc) is 3.67. The second-order valence-corrected chi connectivity index (χ2v) is 13.0. The fraction of sp³-hybridized carbons (Fsp3) is 0.342. The number of benzene rings is 2. The van der Waals surface area contributed by atoms with Gasteiger partial charge in [-0.25, -0.2) is 4.79 Å². The largest absolute Gasteiger partial charge is 0.466 e. The molecule has 2 fully saturated rings. The molecule has 48 heavy (non-hydrogen) atoms. The smallest absolute Gasteiger partial charge is 0.330 e. The summed E-state index contributed by atoms with van der Waals surface area (Å²) >= 11 is 0. The van der Waals surface area contributed by atoms with Gasteiger partial charge in [-0.1, -0.05) is 50.3 Å². The van der Waals surface area contributed by atoms with Gasteiger partial charge in [0.05, 0.1) is 24.0 Å². The minimum absolute atomic E-state index is 0.115. The lowest BCUT2D eigenvalue weighted by atomic mass is 9.82. The van der Waals surface area contributed by atoms with E-state index in [4.69, 9.17) is 4.98 Å². The van der Waals surface area contributed by atoms with Crippen molar-refractivity contribution in [3.8, 4) is 11.4 Å². The Morgan fingerprint density at radius 1 is 1.00 bits per heavy atom. The molecule has 0 atom stereocenters. The fourth-order valence-corrected chi connectivity index (χ4v) is 7.61. The molecule has 2 aromatic heterocycles. The maximum atomic E-state index is 14.0. The van der Waals surface area contributed by atoms with Gasteiger partial charge in [0.2, 0.25) is 11.8 Å². The molecule has 2 aromatic carbocycles. The van der Waals surface area contributed by atoms with E-state index in [1.807, 2.05) is 34.9 Å². The number of amides is 3. The lowest BCUT2D eigenvalue weighted by molar-refractivity contribution is -0.134. The van der Waals surface area contributed by atoms with Gasteiger partial charge >= 0.3 is 5.97 Å². The van der Waals surface area contributed by atoms with Crippen LogP contribution in [0.15, 0.2) is 66.9 Å². The third-order valence-electron chi connectivity index (χ3n) is 10.0. The van der Waals surface area contributed by atoms with Crippen LogP contribution in [-0.4, -0.2) is 45.9 Å². The summed E-state index contributed by atoms with van der Waals surface area (Å²) in [5.74, 6) is -0.843. The molecule has 3 aliphatic rings. The number of nitrogens with one attached hydrogen (secondary N) is 3. The Hall–Kier alpha value is -5.25. The molecule has 10 nitrogen and oxygen atoms in total. The number of ether oxygens (including phenoxy) is 1. The number of hydrogen-bond acceptors (Lipinski definition) is 6. The molecule has 0 spiro atoms. The van der Waals surface area contributed by atoms with Crippen LogP contribution in [0.25, 0.3) is 28.4 Å². The summed E-state index contributed by atoms with van der Waals surface area (Å²) in [6.45, 7) is 0.115. The van der Waals surface area contributed by atoms with Crippen molar-refractivity contribution in [2.24, 2.45) is 0 Å². The number of rotatable bonds is 7. The summed E-state index contributed by atoms with van der Waals surface area (Å²) in [6, 6.07) is 16.5. The fourth-order valence-electron chi connectivity index (χ4n) is 7.61. The van der Waals surface area contributed by atoms with Crippen molar-refractivity contribution in [1.82, 2.24) is 14.9 Å². The first-order valence-corrected chi connectivity index (χ1v) is 16.8. The van der Waals surface area contributed by atoms with Crippen molar-refractivity contribution in [3.63, 3.8) is 0 Å². The van der Waals surface area contributed by atoms with Crippen LogP contribution in [-0.2, 0) is 25.7 Å². The Balaban J connectivity index is 1.19. The highest BCUT2D eigenvalue weighted by Gasteiger charge is 2.43. The maximum absolute atomic E-state index is 14.0. The van der Waals surface area contributed by atoms with Gasteiger partial charge in [-0.3, -0.25) is 19.4 Å². The number of fused-ring (bicyclic) bond motifs is 5. The topological polar surface area (TPSA) is 131 Å². The van der Waals surface area contributed by atoms with Crippen molar-refractivity contribution in [1.29, 1.82) is 0 Å². The van der Waals surface area contributed by atoms with E-state index >= 15 is 0 Å². The standard InChI is InChI=1S/C38H39N5O5/c1-48-32(45)18-13-24-11-15-27(16-12-24)40-37(47)38(19-5-6-20-38)42-36(46)26-14-17-28-30(22-26)43-23-31(44)41-29-10-7-21-39-34(29)35(43)33(28)25-8-3-2-4-9-25/h7,10-18,21-22,25H,2-6,8-9,19-20,23H2,1H3,(H,40,47)(H,41,44)(H,42,46)/b18-13+. The van der Waals surface area contributed by atoms with E-state index in [9.17, 15) is 19.2 Å². The van der Waals surface area contributed by atoms with E-state index in [0.717, 1.165) is 66.4 Å². The number of methoxy groups -OCH3 is 1. The summed E-state index contributed by atoms with van der Waals surface area (Å²) in [5, 5.41) is 10.2. The van der Waals surface area contributed by atoms with E-state index in [0.29, 0.717) is 35.7 Å². The molecule has 3 N–H and O–H groups in total. The molecule has 7 rings (SSSR count). The molecule has 0 bridgehead atoms. The van der Waals surface area contributed by atoms with Gasteiger partial charge in [-0.15, -0.1) is 0 Å². The highest BCUT2D eigenvalue weighted by atomic mass is 16.5. The normalized spacial score (nSPS) is 17.3. The predicted molar refractivity (Wildman–Crippen MR) is 184 cm³/mol. The second kappa shape index (κ2) is 13.1. The molecule has 10 heteroatoms. The SMILES string of the molecule is COC(=O)/C=C/c1ccc(NC(=O)C2(NC(=O)c3ccc4c(C5CCCCC5)c5n(c4c3)CC(=O)Nc3cccnc3-5)CCCC2)cc1. The van der Waals surface area contributed by atoms with Crippen molar-refractivity contribution in [3.05, 3.63) is 83.6 Å². The van der Waals surface area contributed by atoms with E-state index in [1.165, 1.54) is 25.2 Å². The van der Waals surface area contributed by atoms with Crippen LogP contribution in [0.1, 0.15) is 85.2 Å². The van der Waals surface area contributed by atoms with Crippen LogP contribution in [0.5, 0.6) is 0 Å². The van der Waals surface area contributed by atoms with Crippen LogP contribution in [0.4, 0.5) is 11.4 Å². The van der Waals surface area contributed by atoms with Gasteiger partial charge in [0, 0.05) is 28.9 Å². The zero-order valence-corrected chi connectivity index (χ0v) is 27.0. The first-order valence-electron chi connectivity index (χ1n) is 16.8. The lowest BCUT2D eigenvalue weighted by Crippen LogP contribution is -2.55. The number of carbonyl (C=O) groups excluding carboxylic acids is 4. The molecule has 1 aliphatic heterocycles. The van der Waals surface area contributed by atoms with Crippen LogP contribution in [0.2, 0.25) is 0 Å². The Labute approximate surface area is 279 Å². The number of esters is 1. The monoisotopic (exact) mass is 645 g/mol. The third kappa shape index (κ3) is 5.98. The molecule has 2 aliphatic carbocycles. The molecule has 0 unspecified atom stereocenters. The summed E-state index contributed by atoms with van der Waals surface area (Å²) in [4.78, 5) is 57.0. The molecule has 0 radical (unpaired) electrons. The van der Waals surface area contributed by atoms with Crippen LogP contribution >= 0.6 is 0 Å². The van der Waals surface area contributed by atoms with Gasteiger partial charge in [0.1, 0.15) is 17.8 Å². The third-order valence-corrected chi connectivity index (χ3v) is 10.0. The molecule has 3 heterocycles. The minimum atomic E-state index is -1.05. The first-order chi connectivity index (χ1) is 23.3. The second-order valence-electron chi connectivity index (χ2n) is 13.0. The molecule has 0 saturated heterocycles. The first kappa shape index (κ1) is 31.4. The summed E-state index contributed by atoms with van der Waals surface area (Å²) < 4.78 is 6.66. The number of aromatic nitrogens is 2. The predicted octanol–water partition coefficient (Wildman–Crippen LogP) is 6.57. The van der Waals surface area contributed by atoms with Gasteiger partial charge in [-0.2, -0.15) is 0 Å². The quantitative estimate of drug-likeness (QED) is 0.154. The maximum Gasteiger partial charge on any atom is 0.330 e. The summed E-state index contributed by atoms with van der Waals surface area (Å²) in [5.41, 5.74) is 5.17. The van der Waals surface area contributed by atoms with Crippen molar-refractivity contribution in [2.75, 3.05) is 17.7 Å². The minimum Gasteiger partial charge on any atom is -0.466 e. The lowest BCUT2D eigenvalue weighted by Gasteiger charge is -2.29. The number of anilines is 2. The highest BCUT2D eigenvalue weighted by molar-refractivity contribution is 6.07. The Morgan fingerprint density at radius 2 is 1.77 bits per heavy atom. The van der Waals surface area contributed by atoms with Crippen LogP contribution < -0.4 is 16.0 Å². The van der Waals surface area contributed by atoms with Crippen LogP contribution in [0.3, 0.4) is 0 Å². The van der Waals surface area contributed by atoms with Gasteiger partial charge < -0.3 is 25.3 Å². The average molecular weight is 646 g/mol. The Kier molecular flexibility index (Phi) is 8.56. The number of nitrogens with zero attached hydrogens (tertiary/aromatic N) is 2. The number of hydrogen-bond donors (Lipinski definition) is 3. The molecule has 246 valence electrons. The van der Waals surface area contributed by atoms with E-state index in [2.05, 4.69) is 20.7 Å². The van der Waals surface area contributed by atoms with E-state index in [1.54, 1.807) is 36.5 Å². The van der Waals surface area contributed by atoms with Gasteiger partial charge in [0.25, 0.3) is 5.91 Å². The highest BCUT2D eigenvalue weighted by Crippen LogP contribution is 2.46. The molecule has 3 amide bonds. The summed E-state index contributed by atoms with van der Waals surface area (Å²) in [6.07, 6.45) is 13.1. The van der Waals surface area contributed by atoms with Crippen LogP contribution in [0, 0.1) is 0 Å². The zero-order valence-electron chi connectivity index (χ0n) is 27.0. The number of pyridine rings is 1. The summed E-state index contributed by atoms with van der Waals surface area (Å²) in [7, 11) is 1.32. The molecular formula is C38H39N5O5. The number of carbonyl (C=O) groups is 4. The van der Waals surface area contributed by atoms with Gasteiger partial charge in [0.15, 0.2) is 0 Å².